The number of esters is 1. The van der Waals surface area contributed by atoms with Gasteiger partial charge in [0, 0.05) is 30.1 Å². The second-order valence-electron chi connectivity index (χ2n) is 4.76. The first-order valence-corrected chi connectivity index (χ1v) is 6.61. The number of anilines is 1. The number of amides is 1. The highest BCUT2D eigenvalue weighted by Crippen LogP contribution is 2.28. The van der Waals surface area contributed by atoms with Crippen molar-refractivity contribution in [3.63, 3.8) is 0 Å². The Kier molecular flexibility index (Phi) is 4.44. The van der Waals surface area contributed by atoms with Crippen LogP contribution in [0.5, 0.6) is 0 Å². The SMILES string of the molecule is CCOC(=O)c1c(N2CC(CN=[N+]=[N-])CC2=O)n[nH]c1C. The predicted molar refractivity (Wildman–Crippen MR) is 73.8 cm³/mol. The fourth-order valence-corrected chi connectivity index (χ4v) is 2.32. The lowest BCUT2D eigenvalue weighted by Gasteiger charge is -2.15. The molecule has 9 nitrogen and oxygen atoms in total. The number of aryl methyl sites for hydroxylation is 1. The molecule has 1 saturated heterocycles. The van der Waals surface area contributed by atoms with Gasteiger partial charge in [-0.05, 0) is 25.3 Å². The van der Waals surface area contributed by atoms with Crippen molar-refractivity contribution in [2.75, 3.05) is 24.6 Å². The number of aromatic nitrogens is 2. The number of hydrogen-bond donors (Lipinski definition) is 1. The number of nitrogens with zero attached hydrogens (tertiary/aromatic N) is 5. The molecule has 0 spiro atoms. The average molecular weight is 292 g/mol. The summed E-state index contributed by atoms with van der Waals surface area (Å²) in [5, 5.41) is 10.2. The van der Waals surface area contributed by atoms with Crippen LogP contribution in [-0.2, 0) is 9.53 Å². The lowest BCUT2D eigenvalue weighted by Crippen LogP contribution is -2.27. The van der Waals surface area contributed by atoms with Crippen molar-refractivity contribution in [2.45, 2.75) is 20.3 Å². The van der Waals surface area contributed by atoms with Crippen LogP contribution >= 0.6 is 0 Å². The van der Waals surface area contributed by atoms with Gasteiger partial charge in [0.25, 0.3) is 0 Å². The molecule has 0 saturated carbocycles. The van der Waals surface area contributed by atoms with Gasteiger partial charge in [0.1, 0.15) is 5.56 Å². The van der Waals surface area contributed by atoms with Crippen LogP contribution in [0.15, 0.2) is 5.11 Å². The Bertz CT molecular complexity index is 604. The third kappa shape index (κ3) is 2.97. The molecule has 1 N–H and O–H groups in total. The first-order chi connectivity index (χ1) is 10.1. The highest BCUT2D eigenvalue weighted by Gasteiger charge is 2.35. The molecule has 1 unspecified atom stereocenters. The highest BCUT2D eigenvalue weighted by molar-refractivity contribution is 6.03. The molecule has 9 heteroatoms. The van der Waals surface area contributed by atoms with Crippen LogP contribution in [0.2, 0.25) is 0 Å². The summed E-state index contributed by atoms with van der Waals surface area (Å²) in [5.74, 6) is -0.449. The molecule has 112 valence electrons. The minimum absolute atomic E-state index is 0.0690. The Hall–Kier alpha value is -2.54. The summed E-state index contributed by atoms with van der Waals surface area (Å²) in [6.45, 7) is 4.27. The molecule has 0 aromatic carbocycles. The molecule has 1 aliphatic heterocycles. The van der Waals surface area contributed by atoms with E-state index in [2.05, 4.69) is 20.2 Å². The van der Waals surface area contributed by atoms with Crippen LogP contribution < -0.4 is 4.90 Å². The highest BCUT2D eigenvalue weighted by atomic mass is 16.5. The molecule has 2 heterocycles. The first kappa shape index (κ1) is 14.9. The summed E-state index contributed by atoms with van der Waals surface area (Å²) in [5.41, 5.74) is 9.16. The van der Waals surface area contributed by atoms with E-state index in [0.29, 0.717) is 12.2 Å². The monoisotopic (exact) mass is 292 g/mol. The van der Waals surface area contributed by atoms with Crippen LogP contribution in [0.3, 0.4) is 0 Å². The van der Waals surface area contributed by atoms with Crippen LogP contribution in [0.25, 0.3) is 10.4 Å². The fourth-order valence-electron chi connectivity index (χ4n) is 2.32. The molecule has 0 radical (unpaired) electrons. The van der Waals surface area contributed by atoms with Gasteiger partial charge in [0.15, 0.2) is 5.82 Å². The number of azide groups is 1. The molecule has 1 amide bonds. The third-order valence-electron chi connectivity index (χ3n) is 3.27. The van der Waals surface area contributed by atoms with E-state index < -0.39 is 5.97 Å². The number of nitrogens with one attached hydrogen (secondary N) is 1. The van der Waals surface area contributed by atoms with Gasteiger partial charge in [0.05, 0.1) is 6.61 Å². The van der Waals surface area contributed by atoms with E-state index in [-0.39, 0.29) is 42.8 Å². The summed E-state index contributed by atoms with van der Waals surface area (Å²) in [7, 11) is 0. The zero-order valence-electron chi connectivity index (χ0n) is 11.9. The second-order valence-corrected chi connectivity index (χ2v) is 4.76. The van der Waals surface area contributed by atoms with Gasteiger partial charge >= 0.3 is 5.97 Å². The molecule has 1 aliphatic rings. The first-order valence-electron chi connectivity index (χ1n) is 6.61. The average Bonchev–Trinajstić information content (AvgIpc) is 2.99. The van der Waals surface area contributed by atoms with E-state index in [9.17, 15) is 9.59 Å². The normalized spacial score (nSPS) is 17.7. The Labute approximate surface area is 120 Å². The smallest absolute Gasteiger partial charge is 0.343 e. The fraction of sp³-hybridized carbons (Fsp3) is 0.583. The number of ether oxygens (including phenoxy) is 1. The Balaban J connectivity index is 2.24. The van der Waals surface area contributed by atoms with Crippen molar-refractivity contribution in [1.82, 2.24) is 10.2 Å². The number of rotatable bonds is 5. The zero-order valence-corrected chi connectivity index (χ0v) is 11.9. The van der Waals surface area contributed by atoms with Crippen molar-refractivity contribution in [1.29, 1.82) is 0 Å². The van der Waals surface area contributed by atoms with Gasteiger partial charge in [-0.1, -0.05) is 5.11 Å². The Morgan fingerprint density at radius 1 is 1.67 bits per heavy atom. The number of carbonyl (C=O) groups excluding carboxylic acids is 2. The minimum atomic E-state index is -0.509. The summed E-state index contributed by atoms with van der Waals surface area (Å²) in [6, 6.07) is 0. The van der Waals surface area contributed by atoms with E-state index in [1.165, 1.54) is 4.90 Å². The molecule has 1 atom stereocenters. The van der Waals surface area contributed by atoms with Gasteiger partial charge in [0.2, 0.25) is 5.91 Å². The maximum Gasteiger partial charge on any atom is 0.343 e. The number of H-pyrrole nitrogens is 1. The summed E-state index contributed by atoms with van der Waals surface area (Å²) in [4.78, 5) is 28.2. The predicted octanol–water partition coefficient (Wildman–Crippen LogP) is 1.56. The van der Waals surface area contributed by atoms with Gasteiger partial charge in [-0.3, -0.25) is 14.8 Å². The largest absolute Gasteiger partial charge is 0.462 e. The molecule has 2 rings (SSSR count). The maximum absolute atomic E-state index is 12.1. The topological polar surface area (TPSA) is 124 Å². The molecule has 1 aromatic heterocycles. The van der Waals surface area contributed by atoms with E-state index >= 15 is 0 Å². The summed E-state index contributed by atoms with van der Waals surface area (Å²) >= 11 is 0. The van der Waals surface area contributed by atoms with Gasteiger partial charge in [-0.15, -0.1) is 0 Å². The summed E-state index contributed by atoms with van der Waals surface area (Å²) < 4.78 is 4.99. The number of hydrogen-bond acceptors (Lipinski definition) is 5. The van der Waals surface area contributed by atoms with Gasteiger partial charge < -0.3 is 4.74 Å². The van der Waals surface area contributed by atoms with Crippen LogP contribution in [0.1, 0.15) is 29.4 Å². The van der Waals surface area contributed by atoms with Crippen molar-refractivity contribution < 1.29 is 14.3 Å². The molecule has 0 aliphatic carbocycles. The second kappa shape index (κ2) is 6.27. The standard InChI is InChI=1S/C12H16N6O3/c1-3-21-12(20)10-7(2)15-16-11(10)18-6-8(4-9(18)19)5-14-17-13/h8H,3-6H2,1-2H3,(H,15,16). The quantitative estimate of drug-likeness (QED) is 0.382. The van der Waals surface area contributed by atoms with Crippen LogP contribution in [0, 0.1) is 12.8 Å². The van der Waals surface area contributed by atoms with Crippen LogP contribution in [-0.4, -0.2) is 41.8 Å². The van der Waals surface area contributed by atoms with Crippen molar-refractivity contribution in [3.8, 4) is 0 Å². The third-order valence-corrected chi connectivity index (χ3v) is 3.27. The molecular weight excluding hydrogens is 276 g/mol. The number of carbonyl (C=O) groups is 2. The Morgan fingerprint density at radius 3 is 3.10 bits per heavy atom. The van der Waals surface area contributed by atoms with Crippen LogP contribution in [0.4, 0.5) is 5.82 Å². The van der Waals surface area contributed by atoms with E-state index in [1.807, 2.05) is 0 Å². The molecule has 1 fully saturated rings. The Morgan fingerprint density at radius 2 is 2.43 bits per heavy atom. The van der Waals surface area contributed by atoms with E-state index in [0.717, 1.165) is 0 Å². The molecule has 0 bridgehead atoms. The maximum atomic E-state index is 12.1. The van der Waals surface area contributed by atoms with Gasteiger partial charge in [-0.25, -0.2) is 4.79 Å². The zero-order chi connectivity index (χ0) is 15.4. The lowest BCUT2D eigenvalue weighted by molar-refractivity contribution is -0.117. The lowest BCUT2D eigenvalue weighted by atomic mass is 10.1. The summed E-state index contributed by atoms with van der Waals surface area (Å²) in [6.07, 6.45) is 0.271. The number of aromatic amines is 1. The van der Waals surface area contributed by atoms with Crippen molar-refractivity contribution >= 4 is 17.7 Å². The van der Waals surface area contributed by atoms with Crippen molar-refractivity contribution in [2.24, 2.45) is 11.0 Å². The molecular formula is C12H16N6O3. The van der Waals surface area contributed by atoms with E-state index in [1.54, 1.807) is 13.8 Å². The molecule has 21 heavy (non-hydrogen) atoms. The van der Waals surface area contributed by atoms with Crippen molar-refractivity contribution in [3.05, 3.63) is 21.7 Å². The minimum Gasteiger partial charge on any atom is -0.462 e. The van der Waals surface area contributed by atoms with E-state index in [4.69, 9.17) is 10.3 Å². The van der Waals surface area contributed by atoms with Gasteiger partial charge in [-0.2, -0.15) is 5.10 Å². The molecule has 1 aromatic rings.